The van der Waals surface area contributed by atoms with Crippen molar-refractivity contribution < 1.29 is 9.53 Å². The molecule has 2 heteroatoms. The number of Topliss-reactive ketones (excluding diaryl/α,β-unsaturated/α-hetero) is 1. The fraction of sp³-hybridized carbons (Fsp3) is 0.533. The van der Waals surface area contributed by atoms with Crippen LogP contribution in [-0.2, 0) is 16.0 Å². The summed E-state index contributed by atoms with van der Waals surface area (Å²) in [6.07, 6.45) is 4.20. The van der Waals surface area contributed by atoms with Crippen molar-refractivity contribution in [3.63, 3.8) is 0 Å². The molecule has 1 aromatic rings. The lowest BCUT2D eigenvalue weighted by Gasteiger charge is -2.26. The molecule has 0 amide bonds. The molecule has 2 atom stereocenters. The molecular formula is C15H18O2. The van der Waals surface area contributed by atoms with Gasteiger partial charge in [-0.25, -0.2) is 0 Å². The van der Waals surface area contributed by atoms with Gasteiger partial charge in [-0.15, -0.1) is 0 Å². The highest BCUT2D eigenvalue weighted by atomic mass is 16.5. The predicted octanol–water partition coefficient (Wildman–Crippen LogP) is 2.71. The van der Waals surface area contributed by atoms with Crippen LogP contribution in [-0.4, -0.2) is 19.0 Å². The van der Waals surface area contributed by atoms with Gasteiger partial charge in [0.2, 0.25) is 0 Å². The monoisotopic (exact) mass is 230 g/mol. The van der Waals surface area contributed by atoms with E-state index in [-0.39, 0.29) is 11.8 Å². The van der Waals surface area contributed by atoms with Crippen LogP contribution in [0, 0.1) is 5.92 Å². The smallest absolute Gasteiger partial charge is 0.145 e. The summed E-state index contributed by atoms with van der Waals surface area (Å²) in [6, 6.07) is 8.42. The maximum Gasteiger partial charge on any atom is 0.145 e. The van der Waals surface area contributed by atoms with E-state index in [0.717, 1.165) is 32.3 Å². The molecule has 17 heavy (non-hydrogen) atoms. The topological polar surface area (TPSA) is 26.3 Å². The first-order valence-corrected chi connectivity index (χ1v) is 6.55. The van der Waals surface area contributed by atoms with E-state index in [1.165, 1.54) is 11.1 Å². The van der Waals surface area contributed by atoms with Crippen molar-refractivity contribution in [2.24, 2.45) is 5.92 Å². The van der Waals surface area contributed by atoms with Crippen LogP contribution in [0.4, 0.5) is 0 Å². The molecule has 1 aromatic carbocycles. The summed E-state index contributed by atoms with van der Waals surface area (Å²) >= 11 is 0. The number of carbonyl (C=O) groups excluding carboxylic acids is 1. The zero-order chi connectivity index (χ0) is 11.7. The normalized spacial score (nSPS) is 27.8. The Kier molecular flexibility index (Phi) is 2.98. The Balaban J connectivity index is 1.86. The highest BCUT2D eigenvalue weighted by molar-refractivity contribution is 5.88. The van der Waals surface area contributed by atoms with Gasteiger partial charge in [0.1, 0.15) is 5.78 Å². The van der Waals surface area contributed by atoms with Crippen LogP contribution in [0.3, 0.4) is 0 Å². The van der Waals surface area contributed by atoms with Gasteiger partial charge < -0.3 is 4.74 Å². The number of hydrogen-bond donors (Lipinski definition) is 0. The third kappa shape index (κ3) is 2.02. The Bertz CT molecular complexity index is 419. The fourth-order valence-corrected chi connectivity index (χ4v) is 3.09. The van der Waals surface area contributed by atoms with Gasteiger partial charge in [0.05, 0.1) is 6.61 Å². The average Bonchev–Trinajstić information content (AvgIpc) is 2.91. The molecule has 1 aliphatic carbocycles. The number of hydrogen-bond acceptors (Lipinski definition) is 2. The third-order valence-corrected chi connectivity index (χ3v) is 4.04. The van der Waals surface area contributed by atoms with Crippen LogP contribution in [0.1, 0.15) is 36.3 Å². The Morgan fingerprint density at radius 3 is 2.94 bits per heavy atom. The molecule has 0 aromatic heterocycles. The van der Waals surface area contributed by atoms with E-state index in [0.29, 0.717) is 12.4 Å². The number of carbonyl (C=O) groups is 1. The zero-order valence-corrected chi connectivity index (χ0v) is 10.0. The van der Waals surface area contributed by atoms with Crippen LogP contribution < -0.4 is 0 Å². The molecule has 1 aliphatic heterocycles. The molecule has 3 rings (SSSR count). The minimum atomic E-state index is 0.131. The van der Waals surface area contributed by atoms with Crippen LogP contribution in [0.15, 0.2) is 24.3 Å². The third-order valence-electron chi connectivity index (χ3n) is 4.04. The standard InChI is InChI=1S/C15H18O2/c16-15(12-8-9-17-10-12)14-7-3-5-11-4-1-2-6-13(11)14/h1-2,4,6,12,14H,3,5,7-10H2. The summed E-state index contributed by atoms with van der Waals surface area (Å²) in [5, 5.41) is 0. The van der Waals surface area contributed by atoms with Crippen molar-refractivity contribution in [2.75, 3.05) is 13.2 Å². The number of ketones is 1. The van der Waals surface area contributed by atoms with E-state index >= 15 is 0 Å². The fourth-order valence-electron chi connectivity index (χ4n) is 3.09. The Morgan fingerprint density at radius 2 is 2.12 bits per heavy atom. The molecule has 0 N–H and O–H groups in total. The molecule has 0 bridgehead atoms. The Morgan fingerprint density at radius 1 is 1.24 bits per heavy atom. The first kappa shape index (κ1) is 11.0. The minimum absolute atomic E-state index is 0.131. The summed E-state index contributed by atoms with van der Waals surface area (Å²) in [5.74, 6) is 0.687. The number of ether oxygens (including phenoxy) is 1. The molecule has 2 unspecified atom stereocenters. The van der Waals surface area contributed by atoms with Gasteiger partial charge >= 0.3 is 0 Å². The molecule has 1 fully saturated rings. The second kappa shape index (κ2) is 4.61. The molecule has 0 saturated carbocycles. The number of rotatable bonds is 2. The lowest BCUT2D eigenvalue weighted by Crippen LogP contribution is -2.25. The zero-order valence-electron chi connectivity index (χ0n) is 10.0. The first-order chi connectivity index (χ1) is 8.36. The summed E-state index contributed by atoms with van der Waals surface area (Å²) in [4.78, 5) is 12.5. The minimum Gasteiger partial charge on any atom is -0.381 e. The molecule has 2 nitrogen and oxygen atoms in total. The van der Waals surface area contributed by atoms with Crippen molar-refractivity contribution in [3.8, 4) is 0 Å². The summed E-state index contributed by atoms with van der Waals surface area (Å²) in [7, 11) is 0. The van der Waals surface area contributed by atoms with Crippen molar-refractivity contribution in [1.82, 2.24) is 0 Å². The molecule has 1 saturated heterocycles. The Hall–Kier alpha value is -1.15. The van der Waals surface area contributed by atoms with Gasteiger partial charge in [-0.2, -0.15) is 0 Å². The van der Waals surface area contributed by atoms with E-state index in [4.69, 9.17) is 4.74 Å². The average molecular weight is 230 g/mol. The van der Waals surface area contributed by atoms with E-state index in [1.54, 1.807) is 0 Å². The first-order valence-electron chi connectivity index (χ1n) is 6.55. The van der Waals surface area contributed by atoms with Gasteiger partial charge in [-0.1, -0.05) is 24.3 Å². The molecule has 1 heterocycles. The van der Waals surface area contributed by atoms with Crippen LogP contribution in [0.2, 0.25) is 0 Å². The largest absolute Gasteiger partial charge is 0.381 e. The maximum atomic E-state index is 12.5. The number of fused-ring (bicyclic) bond motifs is 1. The van der Waals surface area contributed by atoms with Gasteiger partial charge in [-0.05, 0) is 36.8 Å². The van der Waals surface area contributed by atoms with E-state index in [1.807, 2.05) is 0 Å². The van der Waals surface area contributed by atoms with Crippen LogP contribution in [0.25, 0.3) is 0 Å². The van der Waals surface area contributed by atoms with Crippen molar-refractivity contribution in [2.45, 2.75) is 31.6 Å². The van der Waals surface area contributed by atoms with Crippen LogP contribution in [0.5, 0.6) is 0 Å². The van der Waals surface area contributed by atoms with Crippen LogP contribution >= 0.6 is 0 Å². The Labute approximate surface area is 102 Å². The summed E-state index contributed by atoms with van der Waals surface area (Å²) in [5.41, 5.74) is 2.65. The predicted molar refractivity (Wildman–Crippen MR) is 66.1 cm³/mol. The molecular weight excluding hydrogens is 212 g/mol. The molecule has 90 valence electrons. The number of aryl methyl sites for hydroxylation is 1. The maximum absolute atomic E-state index is 12.5. The highest BCUT2D eigenvalue weighted by Gasteiger charge is 2.33. The molecule has 0 radical (unpaired) electrons. The number of benzene rings is 1. The lowest BCUT2D eigenvalue weighted by atomic mass is 9.77. The molecule has 2 aliphatic rings. The van der Waals surface area contributed by atoms with Gasteiger partial charge in [0.25, 0.3) is 0 Å². The highest BCUT2D eigenvalue weighted by Crippen LogP contribution is 2.35. The lowest BCUT2D eigenvalue weighted by molar-refractivity contribution is -0.124. The van der Waals surface area contributed by atoms with E-state index in [9.17, 15) is 4.79 Å². The second-order valence-electron chi connectivity index (χ2n) is 5.11. The van der Waals surface area contributed by atoms with Crippen molar-refractivity contribution in [3.05, 3.63) is 35.4 Å². The van der Waals surface area contributed by atoms with E-state index in [2.05, 4.69) is 24.3 Å². The van der Waals surface area contributed by atoms with Crippen molar-refractivity contribution in [1.29, 1.82) is 0 Å². The summed E-state index contributed by atoms with van der Waals surface area (Å²) in [6.45, 7) is 1.39. The molecule has 0 spiro atoms. The van der Waals surface area contributed by atoms with Gasteiger partial charge in [0, 0.05) is 18.4 Å². The SMILES string of the molecule is O=C(C1CCOC1)C1CCCc2ccccc21. The van der Waals surface area contributed by atoms with Crippen molar-refractivity contribution >= 4 is 5.78 Å². The second-order valence-corrected chi connectivity index (χ2v) is 5.11. The van der Waals surface area contributed by atoms with E-state index < -0.39 is 0 Å². The van der Waals surface area contributed by atoms with Gasteiger partial charge in [-0.3, -0.25) is 4.79 Å². The van der Waals surface area contributed by atoms with Gasteiger partial charge in [0.15, 0.2) is 0 Å². The quantitative estimate of drug-likeness (QED) is 0.781. The summed E-state index contributed by atoms with van der Waals surface area (Å²) < 4.78 is 5.34.